The van der Waals surface area contributed by atoms with Gasteiger partial charge < -0.3 is 5.11 Å². The van der Waals surface area contributed by atoms with Gasteiger partial charge in [0.05, 0.1) is 5.69 Å². The van der Waals surface area contributed by atoms with Crippen LogP contribution in [0.3, 0.4) is 0 Å². The fourth-order valence-electron chi connectivity index (χ4n) is 0.988. The summed E-state index contributed by atoms with van der Waals surface area (Å²) in [6, 6.07) is 6.89. The van der Waals surface area contributed by atoms with Crippen LogP contribution in [0.1, 0.15) is 0 Å². The lowest BCUT2D eigenvalue weighted by molar-refractivity contribution is 0.475. The highest BCUT2D eigenvalue weighted by molar-refractivity contribution is 5.37. The molecule has 0 spiro atoms. The zero-order valence-electron chi connectivity index (χ0n) is 6.25. The molecule has 0 saturated carbocycles. The van der Waals surface area contributed by atoms with Gasteiger partial charge in [-0.05, 0) is 12.1 Å². The second-order valence-electron chi connectivity index (χ2n) is 2.39. The number of hydrogen-bond acceptors (Lipinski definition) is 3. The number of rotatable bonds is 1. The number of aromatic nitrogens is 3. The van der Waals surface area contributed by atoms with Crippen LogP contribution in [0.5, 0.6) is 5.75 Å². The smallest absolute Gasteiger partial charge is 0.123 e. The van der Waals surface area contributed by atoms with Crippen molar-refractivity contribution in [1.82, 2.24) is 14.8 Å². The highest BCUT2D eigenvalue weighted by Crippen LogP contribution is 2.13. The number of benzene rings is 1. The fourth-order valence-corrected chi connectivity index (χ4v) is 0.988. The van der Waals surface area contributed by atoms with Gasteiger partial charge in [0.2, 0.25) is 0 Å². The fraction of sp³-hybridized carbons (Fsp3) is 0. The zero-order chi connectivity index (χ0) is 8.39. The molecule has 1 N–H and O–H groups in total. The zero-order valence-corrected chi connectivity index (χ0v) is 6.25. The van der Waals surface area contributed by atoms with Crippen LogP contribution >= 0.6 is 0 Å². The van der Waals surface area contributed by atoms with Crippen molar-refractivity contribution in [2.75, 3.05) is 0 Å². The van der Waals surface area contributed by atoms with Crippen LogP contribution in [0.4, 0.5) is 0 Å². The van der Waals surface area contributed by atoms with Crippen molar-refractivity contribution >= 4 is 0 Å². The van der Waals surface area contributed by atoms with E-state index in [-0.39, 0.29) is 5.75 Å². The predicted octanol–water partition coefficient (Wildman–Crippen LogP) is 0.973. The summed E-state index contributed by atoms with van der Waals surface area (Å²) in [5.41, 5.74) is 0.847. The number of phenols is 1. The third kappa shape index (κ3) is 1.14. The van der Waals surface area contributed by atoms with Gasteiger partial charge in [0.1, 0.15) is 18.4 Å². The molecule has 60 valence electrons. The van der Waals surface area contributed by atoms with E-state index < -0.39 is 0 Å². The van der Waals surface area contributed by atoms with Crippen molar-refractivity contribution < 1.29 is 5.11 Å². The van der Waals surface area contributed by atoms with E-state index in [1.165, 1.54) is 0 Å². The third-order valence-electron chi connectivity index (χ3n) is 1.55. The monoisotopic (exact) mass is 161 g/mol. The second kappa shape index (κ2) is 2.65. The molecule has 2 rings (SSSR count). The van der Waals surface area contributed by atoms with Gasteiger partial charge in [0.15, 0.2) is 0 Å². The first-order valence-electron chi connectivity index (χ1n) is 3.50. The quantitative estimate of drug-likeness (QED) is 0.678. The van der Waals surface area contributed by atoms with Crippen LogP contribution in [-0.4, -0.2) is 19.9 Å². The maximum absolute atomic E-state index is 9.16. The van der Waals surface area contributed by atoms with Gasteiger partial charge >= 0.3 is 0 Å². The third-order valence-corrected chi connectivity index (χ3v) is 1.55. The molecule has 1 aromatic carbocycles. The lowest BCUT2D eigenvalue weighted by Gasteiger charge is -1.99. The standard InChI is InChI=1S/C8H7N3O/c12-8-3-1-2-7(4-8)11-5-9-10-6-11/h1-6,12H. The Bertz CT molecular complexity index is 370. The first-order chi connectivity index (χ1) is 5.86. The van der Waals surface area contributed by atoms with Crippen LogP contribution < -0.4 is 0 Å². The predicted molar refractivity (Wildman–Crippen MR) is 43.0 cm³/mol. The second-order valence-corrected chi connectivity index (χ2v) is 2.39. The van der Waals surface area contributed by atoms with E-state index in [1.807, 2.05) is 6.07 Å². The Labute approximate surface area is 69.1 Å². The summed E-state index contributed by atoms with van der Waals surface area (Å²) in [6.07, 6.45) is 3.16. The average Bonchev–Trinajstić information content (AvgIpc) is 2.56. The van der Waals surface area contributed by atoms with Gasteiger partial charge in [0.25, 0.3) is 0 Å². The number of hydrogen-bond donors (Lipinski definition) is 1. The van der Waals surface area contributed by atoms with Crippen LogP contribution in [0, 0.1) is 0 Å². The summed E-state index contributed by atoms with van der Waals surface area (Å²) in [7, 11) is 0. The minimum absolute atomic E-state index is 0.237. The molecule has 2 aromatic rings. The summed E-state index contributed by atoms with van der Waals surface area (Å²) >= 11 is 0. The molecule has 0 aliphatic heterocycles. The molecule has 0 aliphatic rings. The summed E-state index contributed by atoms with van der Waals surface area (Å²) in [5.74, 6) is 0.237. The van der Waals surface area contributed by atoms with Crippen LogP contribution in [0.25, 0.3) is 5.69 Å². The number of nitrogens with zero attached hydrogens (tertiary/aromatic N) is 3. The van der Waals surface area contributed by atoms with Gasteiger partial charge in [-0.2, -0.15) is 0 Å². The Morgan fingerprint density at radius 3 is 2.58 bits per heavy atom. The maximum Gasteiger partial charge on any atom is 0.123 e. The summed E-state index contributed by atoms with van der Waals surface area (Å²) in [5, 5.41) is 16.5. The highest BCUT2D eigenvalue weighted by atomic mass is 16.3. The highest BCUT2D eigenvalue weighted by Gasteiger charge is 1.95. The molecule has 0 saturated heterocycles. The Morgan fingerprint density at radius 1 is 1.17 bits per heavy atom. The van der Waals surface area contributed by atoms with E-state index in [1.54, 1.807) is 35.4 Å². The van der Waals surface area contributed by atoms with Gasteiger partial charge in [-0.3, -0.25) is 4.57 Å². The van der Waals surface area contributed by atoms with Crippen molar-refractivity contribution in [2.24, 2.45) is 0 Å². The normalized spacial score (nSPS) is 10.0. The largest absolute Gasteiger partial charge is 0.508 e. The molecular weight excluding hydrogens is 154 g/mol. The molecule has 1 aromatic heterocycles. The molecule has 0 unspecified atom stereocenters. The Morgan fingerprint density at radius 2 is 1.92 bits per heavy atom. The number of aromatic hydroxyl groups is 1. The molecule has 4 heteroatoms. The lowest BCUT2D eigenvalue weighted by atomic mass is 10.3. The van der Waals surface area contributed by atoms with E-state index >= 15 is 0 Å². The molecule has 0 amide bonds. The van der Waals surface area contributed by atoms with Crippen LogP contribution in [0.2, 0.25) is 0 Å². The van der Waals surface area contributed by atoms with E-state index in [0.29, 0.717) is 0 Å². The molecule has 0 atom stereocenters. The Balaban J connectivity index is 2.48. The first kappa shape index (κ1) is 6.84. The van der Waals surface area contributed by atoms with Gasteiger partial charge in [-0.1, -0.05) is 6.07 Å². The topological polar surface area (TPSA) is 50.9 Å². The van der Waals surface area contributed by atoms with Crippen molar-refractivity contribution in [1.29, 1.82) is 0 Å². The minimum atomic E-state index is 0.237. The van der Waals surface area contributed by atoms with E-state index in [0.717, 1.165) is 5.69 Å². The van der Waals surface area contributed by atoms with E-state index in [4.69, 9.17) is 5.11 Å². The molecular formula is C8H7N3O. The molecule has 1 heterocycles. The van der Waals surface area contributed by atoms with Gasteiger partial charge in [-0.25, -0.2) is 0 Å². The molecule has 0 radical (unpaired) electrons. The molecule has 0 bridgehead atoms. The summed E-state index contributed by atoms with van der Waals surface area (Å²) in [6.45, 7) is 0. The van der Waals surface area contributed by atoms with Crippen molar-refractivity contribution in [3.05, 3.63) is 36.9 Å². The minimum Gasteiger partial charge on any atom is -0.508 e. The van der Waals surface area contributed by atoms with Crippen LogP contribution in [0.15, 0.2) is 36.9 Å². The molecule has 4 nitrogen and oxygen atoms in total. The SMILES string of the molecule is Oc1cccc(-n2cnnc2)c1. The first-order valence-corrected chi connectivity index (χ1v) is 3.50. The molecule has 12 heavy (non-hydrogen) atoms. The maximum atomic E-state index is 9.16. The van der Waals surface area contributed by atoms with Gasteiger partial charge in [-0.15, -0.1) is 10.2 Å². The molecule has 0 fully saturated rings. The van der Waals surface area contributed by atoms with E-state index in [2.05, 4.69) is 10.2 Å². The molecule has 0 aliphatic carbocycles. The van der Waals surface area contributed by atoms with Crippen molar-refractivity contribution in [3.63, 3.8) is 0 Å². The Hall–Kier alpha value is -1.84. The van der Waals surface area contributed by atoms with Gasteiger partial charge in [0, 0.05) is 6.07 Å². The average molecular weight is 161 g/mol. The van der Waals surface area contributed by atoms with Crippen LogP contribution in [-0.2, 0) is 0 Å². The summed E-state index contributed by atoms with van der Waals surface area (Å²) in [4.78, 5) is 0. The van der Waals surface area contributed by atoms with Crippen molar-refractivity contribution in [2.45, 2.75) is 0 Å². The number of phenolic OH excluding ortho intramolecular Hbond substituents is 1. The van der Waals surface area contributed by atoms with Crippen molar-refractivity contribution in [3.8, 4) is 11.4 Å². The van der Waals surface area contributed by atoms with E-state index in [9.17, 15) is 0 Å². The summed E-state index contributed by atoms with van der Waals surface area (Å²) < 4.78 is 1.72. The lowest BCUT2D eigenvalue weighted by Crippen LogP contribution is -1.88. The Kier molecular flexibility index (Phi) is 1.51.